The van der Waals surface area contributed by atoms with Crippen LogP contribution >= 0.6 is 0 Å². The largest absolute Gasteiger partial charge is 0.342 e. The zero-order valence-corrected chi connectivity index (χ0v) is 18.9. The predicted octanol–water partition coefficient (Wildman–Crippen LogP) is 5.12. The summed E-state index contributed by atoms with van der Waals surface area (Å²) in [6.45, 7) is 3.13. The van der Waals surface area contributed by atoms with Crippen LogP contribution in [0.5, 0.6) is 0 Å². The fourth-order valence-electron chi connectivity index (χ4n) is 4.23. The second-order valence-electron chi connectivity index (χ2n) is 8.40. The molecule has 0 unspecified atom stereocenters. The molecule has 0 spiro atoms. The minimum Gasteiger partial charge on any atom is -0.342 e. The molecule has 6 heteroatoms. The molecule has 6 nitrogen and oxygen atoms in total. The Kier molecular flexibility index (Phi) is 7.03. The number of carbonyl (C=O) groups is 3. The van der Waals surface area contributed by atoms with E-state index in [1.165, 1.54) is 0 Å². The van der Waals surface area contributed by atoms with Gasteiger partial charge in [0.1, 0.15) is 5.57 Å². The molecule has 0 atom stereocenters. The molecule has 1 saturated heterocycles. The van der Waals surface area contributed by atoms with Crippen LogP contribution in [-0.4, -0.2) is 33.9 Å². The number of hydrogen-bond donors (Lipinski definition) is 1. The molecule has 1 aliphatic rings. The number of aromatic nitrogens is 1. The number of hydrogen-bond acceptors (Lipinski definition) is 3. The summed E-state index contributed by atoms with van der Waals surface area (Å²) in [4.78, 5) is 39.1. The first-order chi connectivity index (χ1) is 16.1. The van der Waals surface area contributed by atoms with Crippen LogP contribution in [0, 0.1) is 0 Å². The van der Waals surface area contributed by atoms with Crippen molar-refractivity contribution in [2.45, 2.75) is 45.6 Å². The van der Waals surface area contributed by atoms with Gasteiger partial charge in [-0.1, -0.05) is 81.1 Å². The molecule has 3 aromatic rings. The average Bonchev–Trinajstić information content (AvgIpc) is 3.16. The van der Waals surface area contributed by atoms with Gasteiger partial charge in [-0.15, -0.1) is 0 Å². The fraction of sp³-hybridized carbons (Fsp3) is 0.296. The summed E-state index contributed by atoms with van der Waals surface area (Å²) in [5, 5.41) is 3.28. The highest BCUT2D eigenvalue weighted by Crippen LogP contribution is 2.26. The number of amides is 4. The van der Waals surface area contributed by atoms with Crippen LogP contribution in [0.25, 0.3) is 17.0 Å². The van der Waals surface area contributed by atoms with Gasteiger partial charge >= 0.3 is 6.03 Å². The predicted molar refractivity (Wildman–Crippen MR) is 129 cm³/mol. The van der Waals surface area contributed by atoms with Crippen molar-refractivity contribution in [2.75, 3.05) is 6.54 Å². The van der Waals surface area contributed by atoms with E-state index in [1.807, 2.05) is 48.7 Å². The number of unbranched alkanes of at least 4 members (excludes halogenated alkanes) is 4. The first kappa shape index (κ1) is 22.5. The molecular formula is C27H29N3O3. The number of barbiturate groups is 1. The van der Waals surface area contributed by atoms with Gasteiger partial charge in [-0.05, 0) is 24.1 Å². The van der Waals surface area contributed by atoms with Crippen LogP contribution < -0.4 is 5.32 Å². The number of imide groups is 2. The molecule has 0 saturated carbocycles. The smallest absolute Gasteiger partial charge is 0.331 e. The van der Waals surface area contributed by atoms with E-state index < -0.39 is 17.8 Å². The summed E-state index contributed by atoms with van der Waals surface area (Å²) in [6, 6.07) is 17.4. The van der Waals surface area contributed by atoms with Gasteiger partial charge in [0.25, 0.3) is 11.8 Å². The van der Waals surface area contributed by atoms with Gasteiger partial charge in [0, 0.05) is 35.8 Å². The van der Waals surface area contributed by atoms with Gasteiger partial charge in [-0.3, -0.25) is 19.8 Å². The maximum absolute atomic E-state index is 13.1. The molecule has 1 aliphatic heterocycles. The van der Waals surface area contributed by atoms with Crippen molar-refractivity contribution in [2.24, 2.45) is 0 Å². The van der Waals surface area contributed by atoms with E-state index in [0.29, 0.717) is 13.1 Å². The van der Waals surface area contributed by atoms with Gasteiger partial charge < -0.3 is 4.57 Å². The van der Waals surface area contributed by atoms with Crippen LogP contribution in [0.15, 0.2) is 66.4 Å². The molecule has 1 aromatic heterocycles. The average molecular weight is 444 g/mol. The maximum Gasteiger partial charge on any atom is 0.331 e. The van der Waals surface area contributed by atoms with E-state index in [2.05, 4.69) is 28.9 Å². The molecule has 0 radical (unpaired) electrons. The van der Waals surface area contributed by atoms with Crippen LogP contribution in [0.4, 0.5) is 4.79 Å². The number of fused-ring (bicyclic) bond motifs is 1. The molecule has 1 fully saturated rings. The van der Waals surface area contributed by atoms with Crippen molar-refractivity contribution < 1.29 is 14.4 Å². The minimum atomic E-state index is -0.646. The summed E-state index contributed by atoms with van der Waals surface area (Å²) >= 11 is 0. The zero-order valence-electron chi connectivity index (χ0n) is 18.9. The molecule has 2 aromatic carbocycles. The third-order valence-electron chi connectivity index (χ3n) is 5.99. The number of urea groups is 1. The number of nitrogens with zero attached hydrogens (tertiary/aromatic N) is 2. The van der Waals surface area contributed by atoms with E-state index in [0.717, 1.165) is 59.0 Å². The topological polar surface area (TPSA) is 71.4 Å². The highest BCUT2D eigenvalue weighted by molar-refractivity contribution is 6.31. The Balaban J connectivity index is 1.61. The van der Waals surface area contributed by atoms with Crippen molar-refractivity contribution in [3.63, 3.8) is 0 Å². The second-order valence-corrected chi connectivity index (χ2v) is 8.40. The minimum absolute atomic E-state index is 0.00854. The lowest BCUT2D eigenvalue weighted by atomic mass is 10.1. The normalized spacial score (nSPS) is 15.5. The number of carbonyl (C=O) groups excluding carboxylic acids is 3. The second kappa shape index (κ2) is 10.3. The lowest BCUT2D eigenvalue weighted by Gasteiger charge is -2.26. The third kappa shape index (κ3) is 5.06. The van der Waals surface area contributed by atoms with Gasteiger partial charge in [0.15, 0.2) is 0 Å². The molecule has 170 valence electrons. The quantitative estimate of drug-likeness (QED) is 0.283. The zero-order chi connectivity index (χ0) is 23.2. The fourth-order valence-corrected chi connectivity index (χ4v) is 4.23. The first-order valence-electron chi connectivity index (χ1n) is 11.6. The lowest BCUT2D eigenvalue weighted by molar-refractivity contribution is -0.130. The van der Waals surface area contributed by atoms with Gasteiger partial charge in [-0.2, -0.15) is 0 Å². The molecule has 4 amide bonds. The summed E-state index contributed by atoms with van der Waals surface area (Å²) in [5.41, 5.74) is 2.94. The first-order valence-corrected chi connectivity index (χ1v) is 11.6. The Morgan fingerprint density at radius 2 is 1.61 bits per heavy atom. The Labute approximate surface area is 193 Å². The Hall–Kier alpha value is -3.67. The van der Waals surface area contributed by atoms with Gasteiger partial charge in [0.2, 0.25) is 0 Å². The van der Waals surface area contributed by atoms with Gasteiger partial charge in [-0.25, -0.2) is 4.79 Å². The highest BCUT2D eigenvalue weighted by Gasteiger charge is 2.35. The third-order valence-corrected chi connectivity index (χ3v) is 5.99. The summed E-state index contributed by atoms with van der Waals surface area (Å²) in [7, 11) is 0. The lowest BCUT2D eigenvalue weighted by Crippen LogP contribution is -2.54. The number of nitrogens with one attached hydrogen (secondary N) is 1. The van der Waals surface area contributed by atoms with E-state index in [9.17, 15) is 14.4 Å². The van der Waals surface area contributed by atoms with Crippen molar-refractivity contribution >= 4 is 34.8 Å². The number of benzene rings is 2. The Morgan fingerprint density at radius 3 is 2.39 bits per heavy atom. The van der Waals surface area contributed by atoms with Crippen molar-refractivity contribution in [1.29, 1.82) is 0 Å². The molecule has 1 N–H and O–H groups in total. The molecule has 0 aliphatic carbocycles. The van der Waals surface area contributed by atoms with Gasteiger partial charge in [0.05, 0.1) is 0 Å². The standard InChI is InChI=1S/C27H29N3O3/c1-2-3-4-5-11-16-30-26(32)23(25(31)28-27(30)33)17-21-19-29(18-20-12-7-6-8-13-20)24-15-10-9-14-22(21)24/h6-10,12-15,17,19H,2-5,11,16,18H2,1H3,(H,28,31,33)/b23-17+. The SMILES string of the molecule is CCCCCCCN1C(=O)NC(=O)/C(=C\c2cn(Cc3ccccc3)c3ccccc23)C1=O. The summed E-state index contributed by atoms with van der Waals surface area (Å²) in [6.07, 6.45) is 8.58. The van der Waals surface area contributed by atoms with E-state index in [4.69, 9.17) is 0 Å². The summed E-state index contributed by atoms with van der Waals surface area (Å²) in [5.74, 6) is -1.17. The molecule has 4 rings (SSSR count). The highest BCUT2D eigenvalue weighted by atomic mass is 16.2. The Morgan fingerprint density at radius 1 is 0.879 bits per heavy atom. The van der Waals surface area contributed by atoms with Crippen molar-refractivity contribution in [3.05, 3.63) is 77.5 Å². The van der Waals surface area contributed by atoms with Crippen LogP contribution in [-0.2, 0) is 16.1 Å². The summed E-state index contributed by atoms with van der Waals surface area (Å²) < 4.78 is 2.11. The monoisotopic (exact) mass is 443 g/mol. The molecule has 0 bridgehead atoms. The van der Waals surface area contributed by atoms with E-state index in [1.54, 1.807) is 6.08 Å². The molecule has 33 heavy (non-hydrogen) atoms. The van der Waals surface area contributed by atoms with Crippen LogP contribution in [0.1, 0.15) is 50.2 Å². The van der Waals surface area contributed by atoms with Crippen LogP contribution in [0.3, 0.4) is 0 Å². The maximum atomic E-state index is 13.1. The molecular weight excluding hydrogens is 414 g/mol. The number of rotatable bonds is 9. The van der Waals surface area contributed by atoms with Crippen LogP contribution in [0.2, 0.25) is 0 Å². The number of para-hydroxylation sites is 1. The van der Waals surface area contributed by atoms with E-state index >= 15 is 0 Å². The van der Waals surface area contributed by atoms with Crippen molar-refractivity contribution in [3.8, 4) is 0 Å². The van der Waals surface area contributed by atoms with Crippen molar-refractivity contribution in [1.82, 2.24) is 14.8 Å². The molecule has 2 heterocycles. The Bertz CT molecular complexity index is 1190. The van der Waals surface area contributed by atoms with E-state index in [-0.39, 0.29) is 5.57 Å².